The molecule has 0 unspecified atom stereocenters. The Morgan fingerprint density at radius 1 is 0.885 bits per heavy atom. The number of para-hydroxylation sites is 1. The number of nitrogens with zero attached hydrogens (tertiary/aromatic N) is 3. The molecule has 5 aliphatic heterocycles. The predicted octanol–water partition coefficient (Wildman–Crippen LogP) is 2.21. The van der Waals surface area contributed by atoms with Gasteiger partial charge in [0.2, 0.25) is 0 Å². The molecule has 0 aromatic heterocycles. The molecule has 5 heterocycles. The summed E-state index contributed by atoms with van der Waals surface area (Å²) in [5.41, 5.74) is 0.814. The fourth-order valence-corrected chi connectivity index (χ4v) is 6.29. The lowest BCUT2D eigenvalue weighted by Crippen LogP contribution is -2.84. The van der Waals surface area contributed by atoms with E-state index in [0.29, 0.717) is 38.5 Å². The Labute approximate surface area is 154 Å². The highest BCUT2D eigenvalue weighted by Gasteiger charge is 2.73. The van der Waals surface area contributed by atoms with Crippen LogP contribution in [0.2, 0.25) is 0 Å². The van der Waals surface area contributed by atoms with Crippen LogP contribution in [0.3, 0.4) is 0 Å². The first-order valence-corrected chi connectivity index (χ1v) is 9.95. The van der Waals surface area contributed by atoms with Crippen LogP contribution in [0.15, 0.2) is 24.3 Å². The second kappa shape index (κ2) is 4.96. The van der Waals surface area contributed by atoms with Crippen LogP contribution in [-0.4, -0.2) is 54.2 Å². The molecule has 0 saturated carbocycles. The van der Waals surface area contributed by atoms with Crippen LogP contribution in [0, 0.1) is 10.8 Å². The van der Waals surface area contributed by atoms with Gasteiger partial charge in [-0.2, -0.15) is 0 Å². The second-order valence-corrected chi connectivity index (χ2v) is 8.55. The van der Waals surface area contributed by atoms with Gasteiger partial charge in [0.05, 0.1) is 16.5 Å². The molecule has 5 aliphatic rings. The number of hydrogen-bond donors (Lipinski definition) is 0. The highest BCUT2D eigenvalue weighted by molar-refractivity contribution is 6.08. The number of carbonyl (C=O) groups excluding carboxylic acids is 2. The zero-order valence-electron chi connectivity index (χ0n) is 15.9. The first-order valence-electron chi connectivity index (χ1n) is 9.95. The van der Waals surface area contributed by atoms with Gasteiger partial charge in [0.15, 0.2) is 5.66 Å². The maximum Gasteiger partial charge on any atom is 0.267 e. The molecule has 0 N–H and O–H groups in total. The average Bonchev–Trinajstić information content (AvgIpc) is 2.90. The Morgan fingerprint density at radius 2 is 1.42 bits per heavy atom. The summed E-state index contributed by atoms with van der Waals surface area (Å²) in [6.07, 6.45) is 1.70. The number of rotatable bonds is 3. The lowest BCUT2D eigenvalue weighted by molar-refractivity contribution is -0.234. The summed E-state index contributed by atoms with van der Waals surface area (Å²) in [6, 6.07) is 8.23. The van der Waals surface area contributed by atoms with Gasteiger partial charge < -0.3 is 4.90 Å². The van der Waals surface area contributed by atoms with Crippen LogP contribution in [0.4, 0.5) is 5.69 Å². The fourth-order valence-electron chi connectivity index (χ4n) is 6.29. The molecule has 5 nitrogen and oxygen atoms in total. The molecule has 0 aliphatic carbocycles. The number of piperidine rings is 2. The highest BCUT2D eigenvalue weighted by Crippen LogP contribution is 2.60. The Bertz CT molecular complexity index is 775. The molecule has 1 spiro atoms. The lowest BCUT2D eigenvalue weighted by atomic mass is 9.57. The number of amides is 1. The van der Waals surface area contributed by atoms with Crippen LogP contribution >= 0.6 is 0 Å². The molecule has 138 valence electrons. The van der Waals surface area contributed by atoms with E-state index in [2.05, 4.69) is 35.8 Å². The van der Waals surface area contributed by atoms with Gasteiger partial charge >= 0.3 is 0 Å². The Morgan fingerprint density at radius 3 is 1.92 bits per heavy atom. The second-order valence-electron chi connectivity index (χ2n) is 8.55. The molecule has 0 radical (unpaired) electrons. The molecule has 1 aromatic carbocycles. The molecule has 6 rings (SSSR count). The Kier molecular flexibility index (Phi) is 3.14. The molecule has 4 bridgehead atoms. The van der Waals surface area contributed by atoms with Crippen molar-refractivity contribution in [2.24, 2.45) is 10.8 Å². The van der Waals surface area contributed by atoms with Gasteiger partial charge in [0.1, 0.15) is 5.78 Å². The smallest absolute Gasteiger partial charge is 0.267 e. The summed E-state index contributed by atoms with van der Waals surface area (Å²) in [7, 11) is 0. The average molecular weight is 353 g/mol. The molecule has 1 amide bonds. The minimum atomic E-state index is -0.704. The summed E-state index contributed by atoms with van der Waals surface area (Å²) in [5, 5.41) is 0. The highest BCUT2D eigenvalue weighted by atomic mass is 16.2. The quantitative estimate of drug-likeness (QED) is 0.836. The van der Waals surface area contributed by atoms with E-state index in [1.165, 1.54) is 0 Å². The van der Waals surface area contributed by atoms with Crippen molar-refractivity contribution in [3.05, 3.63) is 29.8 Å². The third-order valence-corrected chi connectivity index (χ3v) is 7.64. The number of hydrogen-bond acceptors (Lipinski definition) is 4. The van der Waals surface area contributed by atoms with E-state index in [1.54, 1.807) is 0 Å². The van der Waals surface area contributed by atoms with E-state index in [0.717, 1.165) is 24.1 Å². The standard InChI is InChI=1S/C21H27N3O2/c1-4-19-11-22-13-20(5-2,17(19)25)14-23(12-19)21(22)15-9-7-8-10-16(15)24(6-3)18(21)26/h7-10H,4-6,11-14H2,1-3H3. The van der Waals surface area contributed by atoms with E-state index < -0.39 is 5.66 Å². The number of carbonyl (C=O) groups is 2. The lowest BCUT2D eigenvalue weighted by Gasteiger charge is -2.69. The van der Waals surface area contributed by atoms with Gasteiger partial charge in [-0.15, -0.1) is 0 Å². The van der Waals surface area contributed by atoms with Crippen molar-refractivity contribution in [2.45, 2.75) is 39.3 Å². The fraction of sp³-hybridized carbons (Fsp3) is 0.619. The molecule has 1 aromatic rings. The summed E-state index contributed by atoms with van der Waals surface area (Å²) in [4.78, 5) is 33.7. The summed E-state index contributed by atoms with van der Waals surface area (Å²) >= 11 is 0. The predicted molar refractivity (Wildman–Crippen MR) is 99.7 cm³/mol. The summed E-state index contributed by atoms with van der Waals surface area (Å²) in [5.74, 6) is 0.619. The SMILES string of the molecule is CCN1C(=O)C2(c3ccccc31)N1CC3(CC)CN2CC(CC)(C1)C3=O. The van der Waals surface area contributed by atoms with Crippen molar-refractivity contribution in [3.63, 3.8) is 0 Å². The summed E-state index contributed by atoms with van der Waals surface area (Å²) in [6.45, 7) is 9.81. The van der Waals surface area contributed by atoms with Gasteiger partial charge in [-0.1, -0.05) is 32.0 Å². The van der Waals surface area contributed by atoms with E-state index in [4.69, 9.17) is 0 Å². The minimum Gasteiger partial charge on any atom is -0.309 e. The third-order valence-electron chi connectivity index (χ3n) is 7.64. The van der Waals surface area contributed by atoms with E-state index in [1.807, 2.05) is 24.0 Å². The van der Waals surface area contributed by atoms with Crippen molar-refractivity contribution >= 4 is 17.4 Å². The van der Waals surface area contributed by atoms with Crippen LogP contribution in [0.5, 0.6) is 0 Å². The molecule has 0 atom stereocenters. The van der Waals surface area contributed by atoms with Gasteiger partial charge in [0.25, 0.3) is 5.91 Å². The van der Waals surface area contributed by atoms with Crippen LogP contribution in [0.1, 0.15) is 39.2 Å². The third kappa shape index (κ3) is 1.53. The monoisotopic (exact) mass is 353 g/mol. The maximum absolute atomic E-state index is 13.7. The first kappa shape index (κ1) is 16.5. The van der Waals surface area contributed by atoms with Gasteiger partial charge in [0, 0.05) is 38.3 Å². The molecular formula is C21H27N3O2. The Balaban J connectivity index is 1.72. The van der Waals surface area contributed by atoms with E-state index >= 15 is 0 Å². The largest absolute Gasteiger partial charge is 0.309 e. The van der Waals surface area contributed by atoms with Crippen LogP contribution in [-0.2, 0) is 15.3 Å². The van der Waals surface area contributed by atoms with E-state index in [9.17, 15) is 9.59 Å². The molecular weight excluding hydrogens is 326 g/mol. The number of likely N-dealkylation sites (N-methyl/N-ethyl adjacent to an activating group) is 1. The number of anilines is 1. The zero-order chi connectivity index (χ0) is 18.3. The number of benzene rings is 1. The van der Waals surface area contributed by atoms with Crippen molar-refractivity contribution < 1.29 is 9.59 Å². The Hall–Kier alpha value is -1.72. The van der Waals surface area contributed by atoms with Gasteiger partial charge in [-0.05, 0) is 25.8 Å². The number of ketones is 1. The molecule has 26 heavy (non-hydrogen) atoms. The van der Waals surface area contributed by atoms with Gasteiger partial charge in [-0.25, -0.2) is 0 Å². The number of fused-ring (bicyclic) bond motifs is 1. The molecule has 4 saturated heterocycles. The minimum absolute atomic E-state index is 0.171. The van der Waals surface area contributed by atoms with Crippen molar-refractivity contribution in [3.8, 4) is 0 Å². The normalized spacial score (nSPS) is 42.8. The van der Waals surface area contributed by atoms with Crippen molar-refractivity contribution in [2.75, 3.05) is 37.6 Å². The maximum atomic E-state index is 13.7. The zero-order valence-corrected chi connectivity index (χ0v) is 15.9. The molecule has 4 fully saturated rings. The first-order chi connectivity index (χ1) is 12.5. The topological polar surface area (TPSA) is 43.9 Å². The van der Waals surface area contributed by atoms with E-state index in [-0.39, 0.29) is 16.7 Å². The van der Waals surface area contributed by atoms with Crippen molar-refractivity contribution in [1.29, 1.82) is 0 Å². The van der Waals surface area contributed by atoms with Crippen molar-refractivity contribution in [1.82, 2.24) is 9.80 Å². The summed E-state index contributed by atoms with van der Waals surface area (Å²) < 4.78 is 0. The molecule has 5 heteroatoms. The van der Waals surface area contributed by atoms with Crippen LogP contribution in [0.25, 0.3) is 0 Å². The van der Waals surface area contributed by atoms with Crippen LogP contribution < -0.4 is 4.90 Å². The number of Topliss-reactive ketones (excluding diaryl/α,β-unsaturated/α-hetero) is 1. The van der Waals surface area contributed by atoms with Gasteiger partial charge in [-0.3, -0.25) is 19.4 Å².